The molecule has 3 heterocycles. The maximum Gasteiger partial charge on any atom is 0.257 e. The molecular weight excluding hydrogens is 358 g/mol. The van der Waals surface area contributed by atoms with Gasteiger partial charge in [-0.25, -0.2) is 4.98 Å². The average Bonchev–Trinajstić information content (AvgIpc) is 2.78. The van der Waals surface area contributed by atoms with Crippen LogP contribution in [0, 0.1) is 5.92 Å². The Labute approximate surface area is 172 Å². The first-order valence-electron chi connectivity index (χ1n) is 11.0. The molecule has 3 aromatic rings. The molecule has 0 unspecified atom stereocenters. The van der Waals surface area contributed by atoms with Gasteiger partial charge in [0.25, 0.3) is 5.56 Å². The topological polar surface area (TPSA) is 38.1 Å². The fourth-order valence-corrected chi connectivity index (χ4v) is 5.19. The summed E-state index contributed by atoms with van der Waals surface area (Å²) < 4.78 is 2.00. The first-order chi connectivity index (χ1) is 14.3. The zero-order valence-electron chi connectivity index (χ0n) is 17.0. The Kier molecular flexibility index (Phi) is 5.19. The monoisotopic (exact) mass is 387 g/mol. The van der Waals surface area contributed by atoms with Gasteiger partial charge in [-0.2, -0.15) is 0 Å². The SMILES string of the molecule is O=c1c2c(c3cccnc3n1CC1CCCCC1)CCN(Cc1ccccc1)C2. The highest BCUT2D eigenvalue weighted by Gasteiger charge is 2.25. The van der Waals surface area contributed by atoms with Gasteiger partial charge in [0.15, 0.2) is 0 Å². The van der Waals surface area contributed by atoms with Gasteiger partial charge in [-0.15, -0.1) is 0 Å². The molecule has 0 saturated heterocycles. The van der Waals surface area contributed by atoms with E-state index in [9.17, 15) is 4.79 Å². The Hall–Kier alpha value is -2.46. The number of benzene rings is 1. The van der Waals surface area contributed by atoms with Crippen LogP contribution in [0.2, 0.25) is 0 Å². The highest BCUT2D eigenvalue weighted by atomic mass is 16.1. The van der Waals surface area contributed by atoms with Gasteiger partial charge >= 0.3 is 0 Å². The number of pyridine rings is 2. The van der Waals surface area contributed by atoms with Crippen LogP contribution in [0.4, 0.5) is 0 Å². The van der Waals surface area contributed by atoms with Crippen LogP contribution in [0.15, 0.2) is 53.5 Å². The quantitative estimate of drug-likeness (QED) is 0.660. The van der Waals surface area contributed by atoms with Gasteiger partial charge in [-0.05, 0) is 48.4 Å². The van der Waals surface area contributed by atoms with Crippen molar-refractivity contribution in [2.24, 2.45) is 5.92 Å². The number of aromatic nitrogens is 2. The molecule has 0 atom stereocenters. The second kappa shape index (κ2) is 8.11. The number of rotatable bonds is 4. The van der Waals surface area contributed by atoms with Gasteiger partial charge in [0, 0.05) is 43.3 Å². The van der Waals surface area contributed by atoms with Crippen molar-refractivity contribution in [2.45, 2.75) is 58.2 Å². The van der Waals surface area contributed by atoms with Gasteiger partial charge in [-0.1, -0.05) is 49.6 Å². The first kappa shape index (κ1) is 18.6. The normalized spacial score (nSPS) is 18.1. The van der Waals surface area contributed by atoms with Crippen LogP contribution < -0.4 is 5.56 Å². The lowest BCUT2D eigenvalue weighted by Gasteiger charge is -2.30. The van der Waals surface area contributed by atoms with Gasteiger partial charge < -0.3 is 0 Å². The van der Waals surface area contributed by atoms with E-state index >= 15 is 0 Å². The van der Waals surface area contributed by atoms with Crippen molar-refractivity contribution in [1.82, 2.24) is 14.5 Å². The maximum absolute atomic E-state index is 13.6. The summed E-state index contributed by atoms with van der Waals surface area (Å²) in [5, 5.41) is 1.18. The summed E-state index contributed by atoms with van der Waals surface area (Å²) in [6, 6.07) is 14.7. The third-order valence-electron chi connectivity index (χ3n) is 6.71. The molecular formula is C25H29N3O. The van der Waals surface area contributed by atoms with E-state index in [1.165, 1.54) is 48.6 Å². The zero-order valence-corrected chi connectivity index (χ0v) is 17.0. The molecule has 0 radical (unpaired) electrons. The van der Waals surface area contributed by atoms with Gasteiger partial charge in [0.2, 0.25) is 0 Å². The smallest absolute Gasteiger partial charge is 0.257 e. The van der Waals surface area contributed by atoms with E-state index in [4.69, 9.17) is 0 Å². The molecule has 5 rings (SSSR count). The third kappa shape index (κ3) is 3.74. The first-order valence-corrected chi connectivity index (χ1v) is 11.0. The van der Waals surface area contributed by atoms with Crippen LogP contribution in [-0.2, 0) is 26.1 Å². The van der Waals surface area contributed by atoms with E-state index in [1.807, 2.05) is 16.8 Å². The lowest BCUT2D eigenvalue weighted by atomic mass is 9.89. The summed E-state index contributed by atoms with van der Waals surface area (Å²) in [6.07, 6.45) is 9.14. The second-order valence-corrected chi connectivity index (χ2v) is 8.70. The highest BCUT2D eigenvalue weighted by Crippen LogP contribution is 2.28. The van der Waals surface area contributed by atoms with Crippen molar-refractivity contribution >= 4 is 11.0 Å². The largest absolute Gasteiger partial charge is 0.294 e. The lowest BCUT2D eigenvalue weighted by molar-refractivity contribution is 0.243. The van der Waals surface area contributed by atoms with Crippen molar-refractivity contribution in [3.05, 3.63) is 75.7 Å². The third-order valence-corrected chi connectivity index (χ3v) is 6.71. The van der Waals surface area contributed by atoms with Crippen LogP contribution >= 0.6 is 0 Å². The number of hydrogen-bond donors (Lipinski definition) is 0. The average molecular weight is 388 g/mol. The Morgan fingerprint density at radius 1 is 0.966 bits per heavy atom. The van der Waals surface area contributed by atoms with Crippen molar-refractivity contribution in [2.75, 3.05) is 6.54 Å². The molecule has 0 spiro atoms. The minimum atomic E-state index is 0.189. The molecule has 4 nitrogen and oxygen atoms in total. The van der Waals surface area contributed by atoms with Gasteiger partial charge in [0.1, 0.15) is 5.65 Å². The Morgan fingerprint density at radius 3 is 2.62 bits per heavy atom. The molecule has 1 aliphatic heterocycles. The second-order valence-electron chi connectivity index (χ2n) is 8.70. The highest BCUT2D eigenvalue weighted by molar-refractivity contribution is 5.80. The summed E-state index contributed by atoms with van der Waals surface area (Å²) >= 11 is 0. The maximum atomic E-state index is 13.6. The lowest BCUT2D eigenvalue weighted by Crippen LogP contribution is -2.38. The molecule has 1 saturated carbocycles. The molecule has 150 valence electrons. The minimum absolute atomic E-state index is 0.189. The molecule has 4 heteroatoms. The van der Waals surface area contributed by atoms with E-state index in [0.717, 1.165) is 43.8 Å². The zero-order chi connectivity index (χ0) is 19.6. The van der Waals surface area contributed by atoms with Crippen molar-refractivity contribution in [3.8, 4) is 0 Å². The van der Waals surface area contributed by atoms with Gasteiger partial charge in [0.05, 0.1) is 0 Å². The summed E-state index contributed by atoms with van der Waals surface area (Å²) in [7, 11) is 0. The number of hydrogen-bond acceptors (Lipinski definition) is 3. The van der Waals surface area contributed by atoms with Crippen LogP contribution in [0.25, 0.3) is 11.0 Å². The van der Waals surface area contributed by atoms with Crippen LogP contribution in [0.3, 0.4) is 0 Å². The van der Waals surface area contributed by atoms with Crippen molar-refractivity contribution in [3.63, 3.8) is 0 Å². The summed E-state index contributed by atoms with van der Waals surface area (Å²) in [4.78, 5) is 20.7. The van der Waals surface area contributed by atoms with Crippen molar-refractivity contribution in [1.29, 1.82) is 0 Å². The summed E-state index contributed by atoms with van der Waals surface area (Å²) in [5.74, 6) is 0.605. The van der Waals surface area contributed by atoms with E-state index in [-0.39, 0.29) is 5.56 Å². The van der Waals surface area contributed by atoms with E-state index < -0.39 is 0 Å². The van der Waals surface area contributed by atoms with E-state index in [1.54, 1.807) is 0 Å². The Morgan fingerprint density at radius 2 is 1.79 bits per heavy atom. The minimum Gasteiger partial charge on any atom is -0.294 e. The molecule has 2 aromatic heterocycles. The van der Waals surface area contributed by atoms with Crippen molar-refractivity contribution < 1.29 is 0 Å². The van der Waals surface area contributed by atoms with Crippen LogP contribution in [0.1, 0.15) is 48.8 Å². The Balaban J connectivity index is 1.51. The summed E-state index contributed by atoms with van der Waals surface area (Å²) in [6.45, 7) is 3.43. The molecule has 0 bridgehead atoms. The summed E-state index contributed by atoms with van der Waals surface area (Å²) in [5.41, 5.74) is 4.60. The van der Waals surface area contributed by atoms with Crippen LogP contribution in [-0.4, -0.2) is 21.0 Å². The molecule has 2 aliphatic rings. The molecule has 0 N–H and O–H groups in total. The molecule has 1 aliphatic carbocycles. The molecule has 0 amide bonds. The standard InChI is InChI=1S/C25H29N3O/c29-25-23-18-27(16-19-8-3-1-4-9-19)15-13-21(23)22-12-7-14-26-24(22)28(25)17-20-10-5-2-6-11-20/h1,3-4,7-9,12,14,20H,2,5-6,10-11,13,15-18H2. The number of nitrogens with zero attached hydrogens (tertiary/aromatic N) is 3. The molecule has 29 heavy (non-hydrogen) atoms. The fraction of sp³-hybridized carbons (Fsp3) is 0.440. The predicted molar refractivity (Wildman–Crippen MR) is 117 cm³/mol. The van der Waals surface area contributed by atoms with Gasteiger partial charge in [-0.3, -0.25) is 14.3 Å². The Bertz CT molecular complexity index is 1050. The van der Waals surface area contributed by atoms with E-state index in [0.29, 0.717) is 5.92 Å². The fourth-order valence-electron chi connectivity index (χ4n) is 5.19. The predicted octanol–water partition coefficient (Wildman–Crippen LogP) is 4.54. The number of fused-ring (bicyclic) bond motifs is 3. The van der Waals surface area contributed by atoms with E-state index in [2.05, 4.69) is 46.3 Å². The molecule has 1 aromatic carbocycles. The van der Waals surface area contributed by atoms with Crippen LogP contribution in [0.5, 0.6) is 0 Å². The molecule has 1 fully saturated rings.